The van der Waals surface area contributed by atoms with Crippen molar-refractivity contribution in [2.24, 2.45) is 17.8 Å². The van der Waals surface area contributed by atoms with Crippen LogP contribution in [-0.2, 0) is 9.53 Å². The lowest BCUT2D eigenvalue weighted by Crippen LogP contribution is -2.44. The lowest BCUT2D eigenvalue weighted by Gasteiger charge is -2.39. The minimum Gasteiger partial charge on any atom is -0.367 e. The van der Waals surface area contributed by atoms with Crippen molar-refractivity contribution < 1.29 is 9.53 Å². The molecule has 4 fully saturated rings. The van der Waals surface area contributed by atoms with Gasteiger partial charge in [-0.25, -0.2) is 0 Å². The molecule has 3 unspecified atom stereocenters. The maximum atomic E-state index is 13.1. The van der Waals surface area contributed by atoms with E-state index >= 15 is 0 Å². The van der Waals surface area contributed by atoms with Gasteiger partial charge in [-0.2, -0.15) is 0 Å². The number of nitrogens with zero attached hydrogens (tertiary/aromatic N) is 1. The molecular formula is C19H25NO2. The zero-order chi connectivity index (χ0) is 15.1. The second-order valence-electron chi connectivity index (χ2n) is 7.45. The number of benzene rings is 1. The molecule has 0 N–H and O–H groups in total. The fraction of sp³-hybridized carbons (Fsp3) is 0.632. The Balaban J connectivity index is 1.59. The highest BCUT2D eigenvalue weighted by atomic mass is 16.5. The van der Waals surface area contributed by atoms with Crippen molar-refractivity contribution in [2.75, 3.05) is 13.7 Å². The highest BCUT2D eigenvalue weighted by Gasteiger charge is 2.45. The number of amides is 1. The number of ether oxygens (including phenoxy) is 1. The summed E-state index contributed by atoms with van der Waals surface area (Å²) in [5, 5.41) is 0. The quantitative estimate of drug-likeness (QED) is 0.856. The highest BCUT2D eigenvalue weighted by molar-refractivity contribution is 5.82. The number of fused-ring (bicyclic) bond motifs is 1. The second-order valence-corrected chi connectivity index (χ2v) is 7.45. The lowest BCUT2D eigenvalue weighted by atomic mass is 9.68. The third kappa shape index (κ3) is 2.45. The van der Waals surface area contributed by atoms with Crippen LogP contribution in [0.5, 0.6) is 0 Å². The molecule has 2 heterocycles. The first-order valence-electron chi connectivity index (χ1n) is 8.62. The molecule has 2 saturated heterocycles. The normalized spacial score (nSPS) is 34.5. The smallest absolute Gasteiger partial charge is 0.256 e. The first-order chi connectivity index (χ1) is 10.7. The Bertz CT molecular complexity index is 530. The minimum atomic E-state index is -0.447. The van der Waals surface area contributed by atoms with E-state index in [-0.39, 0.29) is 5.91 Å². The second kappa shape index (κ2) is 5.69. The van der Waals surface area contributed by atoms with Crippen LogP contribution in [0.4, 0.5) is 0 Å². The van der Waals surface area contributed by atoms with Crippen molar-refractivity contribution in [1.29, 1.82) is 0 Å². The molecule has 4 aliphatic rings. The van der Waals surface area contributed by atoms with Crippen molar-refractivity contribution in [1.82, 2.24) is 4.90 Å². The van der Waals surface area contributed by atoms with Gasteiger partial charge in [0, 0.05) is 19.7 Å². The van der Waals surface area contributed by atoms with Gasteiger partial charge in [-0.15, -0.1) is 0 Å². The molecule has 1 aromatic rings. The zero-order valence-corrected chi connectivity index (χ0v) is 13.3. The molecule has 1 aromatic carbocycles. The van der Waals surface area contributed by atoms with Crippen molar-refractivity contribution in [3.63, 3.8) is 0 Å². The maximum absolute atomic E-state index is 13.1. The summed E-state index contributed by atoms with van der Waals surface area (Å²) in [4.78, 5) is 15.3. The van der Waals surface area contributed by atoms with Crippen LogP contribution in [-0.4, -0.2) is 30.5 Å². The molecule has 2 saturated carbocycles. The molecule has 5 rings (SSSR count). The van der Waals surface area contributed by atoms with Crippen LogP contribution in [0, 0.1) is 17.8 Å². The average Bonchev–Trinajstić information content (AvgIpc) is 2.72. The Morgan fingerprint density at radius 1 is 1.05 bits per heavy atom. The minimum absolute atomic E-state index is 0.173. The van der Waals surface area contributed by atoms with Gasteiger partial charge in [0.25, 0.3) is 5.91 Å². The van der Waals surface area contributed by atoms with Gasteiger partial charge < -0.3 is 9.64 Å². The van der Waals surface area contributed by atoms with Gasteiger partial charge in [-0.3, -0.25) is 4.79 Å². The topological polar surface area (TPSA) is 29.5 Å². The van der Waals surface area contributed by atoms with Crippen LogP contribution in [0.2, 0.25) is 0 Å². The molecular weight excluding hydrogens is 274 g/mol. The van der Waals surface area contributed by atoms with Crippen LogP contribution in [0.3, 0.4) is 0 Å². The first-order valence-corrected chi connectivity index (χ1v) is 8.62. The van der Waals surface area contributed by atoms with E-state index in [2.05, 4.69) is 4.90 Å². The van der Waals surface area contributed by atoms with Crippen LogP contribution in [0.15, 0.2) is 30.3 Å². The van der Waals surface area contributed by atoms with E-state index in [4.69, 9.17) is 4.74 Å². The van der Waals surface area contributed by atoms with Gasteiger partial charge in [0.05, 0.1) is 0 Å². The number of hydrogen-bond acceptors (Lipinski definition) is 2. The Morgan fingerprint density at radius 3 is 2.32 bits per heavy atom. The van der Waals surface area contributed by atoms with Gasteiger partial charge >= 0.3 is 0 Å². The molecule has 22 heavy (non-hydrogen) atoms. The molecule has 2 aliphatic heterocycles. The number of carbonyl (C=O) groups is 1. The molecule has 2 aliphatic carbocycles. The molecule has 3 nitrogen and oxygen atoms in total. The molecule has 118 valence electrons. The molecule has 4 bridgehead atoms. The van der Waals surface area contributed by atoms with Crippen molar-refractivity contribution in [3.8, 4) is 0 Å². The van der Waals surface area contributed by atoms with E-state index in [9.17, 15) is 4.79 Å². The number of methoxy groups -OCH3 is 1. The molecule has 0 aromatic heterocycles. The Labute approximate surface area is 132 Å². The molecule has 0 spiro atoms. The van der Waals surface area contributed by atoms with Gasteiger partial charge in [-0.05, 0) is 55.4 Å². The summed E-state index contributed by atoms with van der Waals surface area (Å²) >= 11 is 0. The molecule has 3 atom stereocenters. The van der Waals surface area contributed by atoms with E-state index in [1.165, 1.54) is 32.1 Å². The average molecular weight is 299 g/mol. The van der Waals surface area contributed by atoms with Crippen molar-refractivity contribution in [3.05, 3.63) is 35.9 Å². The summed E-state index contributed by atoms with van der Waals surface area (Å²) in [5.41, 5.74) is 0.971. The van der Waals surface area contributed by atoms with E-state index in [1.807, 2.05) is 30.3 Å². The fourth-order valence-corrected chi connectivity index (χ4v) is 5.21. The summed E-state index contributed by atoms with van der Waals surface area (Å²) in [7, 11) is 1.65. The lowest BCUT2D eigenvalue weighted by molar-refractivity contribution is -0.145. The van der Waals surface area contributed by atoms with Crippen LogP contribution in [0.1, 0.15) is 43.8 Å². The van der Waals surface area contributed by atoms with E-state index < -0.39 is 6.10 Å². The molecule has 0 radical (unpaired) electrons. The maximum Gasteiger partial charge on any atom is 0.256 e. The largest absolute Gasteiger partial charge is 0.367 e. The highest BCUT2D eigenvalue weighted by Crippen LogP contribution is 2.48. The molecule has 3 heteroatoms. The Hall–Kier alpha value is -1.35. The van der Waals surface area contributed by atoms with Gasteiger partial charge in [-0.1, -0.05) is 30.3 Å². The van der Waals surface area contributed by atoms with E-state index in [1.54, 1.807) is 7.11 Å². The monoisotopic (exact) mass is 299 g/mol. The summed E-state index contributed by atoms with van der Waals surface area (Å²) in [6.07, 6.45) is 6.05. The van der Waals surface area contributed by atoms with Crippen LogP contribution >= 0.6 is 0 Å². The van der Waals surface area contributed by atoms with Gasteiger partial charge in [0.2, 0.25) is 0 Å². The number of rotatable bonds is 3. The van der Waals surface area contributed by atoms with Crippen molar-refractivity contribution >= 4 is 5.91 Å². The van der Waals surface area contributed by atoms with Crippen LogP contribution < -0.4 is 0 Å². The predicted molar refractivity (Wildman–Crippen MR) is 85.2 cm³/mol. The van der Waals surface area contributed by atoms with Gasteiger partial charge in [0.1, 0.15) is 0 Å². The summed E-state index contributed by atoms with van der Waals surface area (Å²) in [6, 6.07) is 10.4. The predicted octanol–water partition coefficient (Wildman–Crippen LogP) is 3.41. The summed E-state index contributed by atoms with van der Waals surface area (Å²) in [5.74, 6) is 2.61. The van der Waals surface area contributed by atoms with Gasteiger partial charge in [0.15, 0.2) is 6.10 Å². The number of carbonyl (C=O) groups excluding carboxylic acids is 1. The fourth-order valence-electron chi connectivity index (χ4n) is 5.21. The standard InChI is InChI=1S/C19H25NO2/c1-22-18(16-5-3-2-4-6-16)19(21)20-12-15-8-13-7-14(9-15)11-17(20)10-13/h2-6,13-15,17-18H,7-12H2,1H3. The summed E-state index contributed by atoms with van der Waals surface area (Å²) in [6.45, 7) is 0.948. The Morgan fingerprint density at radius 2 is 1.68 bits per heavy atom. The first kappa shape index (κ1) is 14.3. The van der Waals surface area contributed by atoms with Crippen molar-refractivity contribution in [2.45, 2.75) is 44.2 Å². The van der Waals surface area contributed by atoms with Crippen LogP contribution in [0.25, 0.3) is 0 Å². The zero-order valence-electron chi connectivity index (χ0n) is 13.3. The van der Waals surface area contributed by atoms with E-state index in [0.29, 0.717) is 12.0 Å². The Kier molecular flexibility index (Phi) is 3.69. The summed E-state index contributed by atoms with van der Waals surface area (Å²) < 4.78 is 5.59. The molecule has 1 amide bonds. The SMILES string of the molecule is COC(C(=O)N1CC2CC3CC(C2)CC1C3)c1ccccc1. The van der Waals surface area contributed by atoms with E-state index in [0.717, 1.165) is 23.9 Å². The third-order valence-electron chi connectivity index (χ3n) is 5.95. The third-order valence-corrected chi connectivity index (χ3v) is 5.95. The number of hydrogen-bond donors (Lipinski definition) is 0.